The first-order valence-electron chi connectivity index (χ1n) is 6.28. The predicted octanol–water partition coefficient (Wildman–Crippen LogP) is 1.22. The molecule has 0 aromatic rings. The number of hydrogen-bond donors (Lipinski definition) is 2. The lowest BCUT2D eigenvalue weighted by molar-refractivity contribution is -0.207. The molecule has 3 unspecified atom stereocenters. The molecule has 0 heterocycles. The van der Waals surface area contributed by atoms with Crippen molar-refractivity contribution in [2.45, 2.75) is 55.8 Å². The molecular weight excluding hydrogens is 232 g/mol. The van der Waals surface area contributed by atoms with Crippen LogP contribution in [-0.4, -0.2) is 33.0 Å². The Bertz CT molecular complexity index is 480. The van der Waals surface area contributed by atoms with Crippen LogP contribution in [-0.2, 0) is 9.53 Å². The molecule has 3 atom stereocenters. The molecule has 0 radical (unpaired) electrons. The molecule has 0 amide bonds. The van der Waals surface area contributed by atoms with Gasteiger partial charge in [-0.1, -0.05) is 18.2 Å². The van der Waals surface area contributed by atoms with Crippen LogP contribution in [0.2, 0.25) is 0 Å². The van der Waals surface area contributed by atoms with Crippen LogP contribution in [0.5, 0.6) is 0 Å². The van der Waals surface area contributed by atoms with E-state index in [9.17, 15) is 15.0 Å². The highest BCUT2D eigenvalue weighted by Crippen LogP contribution is 2.57. The van der Waals surface area contributed by atoms with Gasteiger partial charge in [0.1, 0.15) is 5.60 Å². The van der Waals surface area contributed by atoms with E-state index in [0.717, 1.165) is 5.57 Å². The average molecular weight is 250 g/mol. The Kier molecular flexibility index (Phi) is 2.15. The third-order valence-corrected chi connectivity index (χ3v) is 4.15. The van der Waals surface area contributed by atoms with Crippen molar-refractivity contribution in [2.75, 3.05) is 0 Å². The molecule has 4 rings (SSSR count). The summed E-state index contributed by atoms with van der Waals surface area (Å²) in [5.74, 6) is -0.440. The van der Waals surface area contributed by atoms with Crippen molar-refractivity contribution in [2.24, 2.45) is 0 Å². The summed E-state index contributed by atoms with van der Waals surface area (Å²) in [6.07, 6.45) is 4.19. The maximum absolute atomic E-state index is 11.7. The number of aliphatic hydroxyl groups is 2. The van der Waals surface area contributed by atoms with Gasteiger partial charge < -0.3 is 14.9 Å². The van der Waals surface area contributed by atoms with E-state index in [0.29, 0.717) is 37.7 Å². The minimum atomic E-state index is -1.02. The molecule has 4 aliphatic rings. The highest BCUT2D eigenvalue weighted by Gasteiger charge is 2.61. The third kappa shape index (κ3) is 1.71. The van der Waals surface area contributed by atoms with Gasteiger partial charge in [-0.3, -0.25) is 0 Å². The van der Waals surface area contributed by atoms with Gasteiger partial charge in [0.25, 0.3) is 0 Å². The molecule has 0 spiro atoms. The molecule has 4 nitrogen and oxygen atoms in total. The molecule has 2 N–H and O–H groups in total. The van der Waals surface area contributed by atoms with E-state index < -0.39 is 22.8 Å². The summed E-state index contributed by atoms with van der Waals surface area (Å²) in [7, 11) is 0. The van der Waals surface area contributed by atoms with Crippen molar-refractivity contribution in [3.63, 3.8) is 0 Å². The maximum Gasteiger partial charge on any atom is 0.333 e. The summed E-state index contributed by atoms with van der Waals surface area (Å²) < 4.78 is 5.54. The van der Waals surface area contributed by atoms with Crippen LogP contribution in [0.1, 0.15) is 39.0 Å². The van der Waals surface area contributed by atoms with E-state index in [-0.39, 0.29) is 0 Å². The Morgan fingerprint density at radius 1 is 1.33 bits per heavy atom. The summed E-state index contributed by atoms with van der Waals surface area (Å²) >= 11 is 0. The van der Waals surface area contributed by atoms with Crippen LogP contribution in [0.4, 0.5) is 0 Å². The number of carbonyl (C=O) groups is 1. The fourth-order valence-electron chi connectivity index (χ4n) is 4.04. The predicted molar refractivity (Wildman–Crippen MR) is 64.7 cm³/mol. The maximum atomic E-state index is 11.7. The topological polar surface area (TPSA) is 66.8 Å². The third-order valence-electron chi connectivity index (χ3n) is 4.15. The van der Waals surface area contributed by atoms with Crippen LogP contribution >= 0.6 is 0 Å². The van der Waals surface area contributed by atoms with E-state index >= 15 is 0 Å². The molecule has 0 aliphatic heterocycles. The van der Waals surface area contributed by atoms with Crippen LogP contribution in [0.25, 0.3) is 0 Å². The van der Waals surface area contributed by atoms with Gasteiger partial charge in [0, 0.05) is 31.3 Å². The largest absolute Gasteiger partial charge is 0.455 e. The van der Waals surface area contributed by atoms with Gasteiger partial charge in [-0.05, 0) is 13.3 Å². The number of carbonyl (C=O) groups excluding carboxylic acids is 1. The quantitative estimate of drug-likeness (QED) is 0.439. The van der Waals surface area contributed by atoms with Crippen molar-refractivity contribution < 1.29 is 19.7 Å². The smallest absolute Gasteiger partial charge is 0.333 e. The van der Waals surface area contributed by atoms with E-state index in [2.05, 4.69) is 6.58 Å². The fourth-order valence-corrected chi connectivity index (χ4v) is 4.04. The molecule has 0 saturated heterocycles. The Morgan fingerprint density at radius 2 is 2.06 bits per heavy atom. The molecule has 2 saturated carbocycles. The molecule has 0 aromatic heterocycles. The van der Waals surface area contributed by atoms with E-state index in [1.165, 1.54) is 0 Å². The highest BCUT2D eigenvalue weighted by molar-refractivity contribution is 5.87. The number of rotatable bonds is 2. The minimum Gasteiger partial charge on any atom is -0.455 e. The van der Waals surface area contributed by atoms with Crippen LogP contribution < -0.4 is 0 Å². The summed E-state index contributed by atoms with van der Waals surface area (Å²) in [4.78, 5) is 11.7. The first-order valence-corrected chi connectivity index (χ1v) is 6.28. The molecule has 4 bridgehead atoms. The lowest BCUT2D eigenvalue weighted by atomic mass is 9.55. The van der Waals surface area contributed by atoms with E-state index in [4.69, 9.17) is 4.74 Å². The zero-order chi connectivity index (χ0) is 13.2. The van der Waals surface area contributed by atoms with Gasteiger partial charge in [-0.25, -0.2) is 4.79 Å². The molecule has 0 aromatic carbocycles. The first-order chi connectivity index (χ1) is 8.23. The zero-order valence-electron chi connectivity index (χ0n) is 10.5. The second kappa shape index (κ2) is 3.25. The van der Waals surface area contributed by atoms with E-state index in [1.54, 1.807) is 6.92 Å². The number of hydrogen-bond acceptors (Lipinski definition) is 4. The van der Waals surface area contributed by atoms with Crippen molar-refractivity contribution in [1.82, 2.24) is 0 Å². The molecule has 4 heteroatoms. The zero-order valence-corrected chi connectivity index (χ0v) is 10.5. The van der Waals surface area contributed by atoms with Crippen molar-refractivity contribution in [1.29, 1.82) is 0 Å². The van der Waals surface area contributed by atoms with Crippen molar-refractivity contribution in [3.8, 4) is 0 Å². The van der Waals surface area contributed by atoms with Gasteiger partial charge >= 0.3 is 5.97 Å². The number of ether oxygens (including phenoxy) is 1. The van der Waals surface area contributed by atoms with Crippen molar-refractivity contribution in [3.05, 3.63) is 23.8 Å². The molecule has 98 valence electrons. The second-order valence-corrected chi connectivity index (χ2v) is 6.37. The Morgan fingerprint density at radius 3 is 2.61 bits per heavy atom. The van der Waals surface area contributed by atoms with Crippen LogP contribution in [0.15, 0.2) is 23.8 Å². The lowest BCUT2D eigenvalue weighted by Gasteiger charge is -2.58. The standard InChI is InChI=1S/C14H18O4/c1-9(2)11(15)18-14-5-10-3-12(16,7-14)6-13(17,4-10)8-14/h3,16-17H,1,4-8H2,2H3. The summed E-state index contributed by atoms with van der Waals surface area (Å²) in [6.45, 7) is 5.18. The Balaban J connectivity index is 1.94. The van der Waals surface area contributed by atoms with Gasteiger partial charge in [-0.2, -0.15) is 0 Å². The Labute approximate surface area is 106 Å². The minimum absolute atomic E-state index is 0.343. The second-order valence-electron chi connectivity index (χ2n) is 6.37. The van der Waals surface area contributed by atoms with Crippen molar-refractivity contribution >= 4 is 5.97 Å². The molecule has 18 heavy (non-hydrogen) atoms. The normalized spacial score (nSPS) is 44.7. The summed E-state index contributed by atoms with van der Waals surface area (Å²) in [5, 5.41) is 20.9. The molecule has 4 aliphatic carbocycles. The lowest BCUT2D eigenvalue weighted by Crippen LogP contribution is -2.63. The summed E-state index contributed by atoms with van der Waals surface area (Å²) in [5.41, 5.74) is -1.35. The van der Waals surface area contributed by atoms with Gasteiger partial charge in [0.15, 0.2) is 0 Å². The molecular formula is C14H18O4. The average Bonchev–Trinajstić information content (AvgIpc) is 2.09. The van der Waals surface area contributed by atoms with Gasteiger partial charge in [-0.15, -0.1) is 0 Å². The summed E-state index contributed by atoms with van der Waals surface area (Å²) in [6, 6.07) is 0. The van der Waals surface area contributed by atoms with Gasteiger partial charge in [0.2, 0.25) is 0 Å². The SMILES string of the molecule is C=C(C)C(=O)OC12CC3=CC(O)(CC(O)(C3)C1)C2. The van der Waals surface area contributed by atoms with Crippen LogP contribution in [0, 0.1) is 0 Å². The molecule has 2 fully saturated rings. The highest BCUT2D eigenvalue weighted by atomic mass is 16.6. The Hall–Kier alpha value is -1.13. The monoisotopic (exact) mass is 250 g/mol. The first kappa shape index (κ1) is 11.9. The number of esters is 1. The fraction of sp³-hybridized carbons (Fsp3) is 0.643. The van der Waals surface area contributed by atoms with E-state index in [1.807, 2.05) is 6.08 Å². The van der Waals surface area contributed by atoms with Gasteiger partial charge in [0.05, 0.1) is 11.2 Å². The van der Waals surface area contributed by atoms with Crippen LogP contribution in [0.3, 0.4) is 0 Å².